The van der Waals surface area contributed by atoms with Crippen LogP contribution >= 0.6 is 0 Å². The molecule has 3 rings (SSSR count). The fourth-order valence-corrected chi connectivity index (χ4v) is 2.30. The highest BCUT2D eigenvalue weighted by Crippen LogP contribution is 2.30. The van der Waals surface area contributed by atoms with Crippen LogP contribution in [-0.2, 0) is 5.54 Å². The van der Waals surface area contributed by atoms with E-state index in [9.17, 15) is 4.79 Å². The maximum absolute atomic E-state index is 11.4. The Hall–Kier alpha value is -1.88. The monoisotopic (exact) mass is 246 g/mol. The summed E-state index contributed by atoms with van der Waals surface area (Å²) in [5.41, 5.74) is 6.41. The number of amides is 1. The van der Waals surface area contributed by atoms with Crippen LogP contribution in [0.5, 0.6) is 0 Å². The molecule has 1 aromatic carbocycles. The molecule has 0 spiro atoms. The van der Waals surface area contributed by atoms with E-state index in [4.69, 9.17) is 8.48 Å². The first-order valence-electron chi connectivity index (χ1n) is 6.89. The van der Waals surface area contributed by atoms with Crippen LogP contribution in [0.3, 0.4) is 0 Å². The third kappa shape index (κ3) is 1.59. The van der Waals surface area contributed by atoms with Gasteiger partial charge in [-0.1, -0.05) is 6.07 Å². The van der Waals surface area contributed by atoms with Crippen LogP contribution in [0.4, 0.5) is 0 Å². The van der Waals surface area contributed by atoms with Crippen LogP contribution in [0.25, 0.3) is 11.0 Å². The Balaban J connectivity index is 2.10. The summed E-state index contributed by atoms with van der Waals surface area (Å²) in [5, 5.41) is 2.96. The Labute approximate surface area is 108 Å². The van der Waals surface area contributed by atoms with Crippen molar-refractivity contribution in [3.05, 3.63) is 29.6 Å². The normalized spacial score (nSPS) is 28.1. The van der Waals surface area contributed by atoms with Crippen molar-refractivity contribution in [3.8, 4) is 0 Å². The van der Waals surface area contributed by atoms with Gasteiger partial charge < -0.3 is 16.0 Å². The van der Waals surface area contributed by atoms with Gasteiger partial charge in [-0.25, -0.2) is 4.98 Å². The van der Waals surface area contributed by atoms with Gasteiger partial charge in [-0.05, 0) is 38.4 Å². The molecular weight excluding hydrogens is 228 g/mol. The van der Waals surface area contributed by atoms with E-state index in [2.05, 4.69) is 15.3 Å². The fraction of sp³-hybridized carbons (Fsp3) is 0.385. The molecule has 1 aliphatic heterocycles. The Morgan fingerprint density at radius 2 is 2.44 bits per heavy atom. The average Bonchev–Trinajstić information content (AvgIpc) is 2.90. The molecule has 0 radical (unpaired) electrons. The highest BCUT2D eigenvalue weighted by Gasteiger charge is 2.33. The fourth-order valence-electron chi connectivity index (χ4n) is 2.30. The standard InChI is InChI=1S/C13H16N4O/c1-13(6-3-7-15-13)12-16-9-5-2-4-8(11(14)18)10(9)17-12/h2,4-5,15H,3,6-7H2,1H3,(H2,14,18)(H,16,17)/t13-/m1/s1/i7D2. The molecule has 2 aromatic rings. The number of nitrogens with two attached hydrogens (primary N) is 1. The number of hydrogen-bond acceptors (Lipinski definition) is 3. The zero-order valence-electron chi connectivity index (χ0n) is 12.1. The number of H-pyrrole nitrogens is 1. The third-order valence-corrected chi connectivity index (χ3v) is 3.42. The van der Waals surface area contributed by atoms with Gasteiger partial charge in [0.25, 0.3) is 5.91 Å². The number of benzene rings is 1. The smallest absolute Gasteiger partial charge is 0.250 e. The molecule has 0 saturated carbocycles. The van der Waals surface area contributed by atoms with E-state index in [-0.39, 0.29) is 0 Å². The number of imidazole rings is 1. The lowest BCUT2D eigenvalue weighted by atomic mass is 10.00. The zero-order chi connectivity index (χ0) is 14.5. The maximum atomic E-state index is 11.4. The Morgan fingerprint density at radius 1 is 1.61 bits per heavy atom. The molecule has 0 bridgehead atoms. The molecule has 5 nitrogen and oxygen atoms in total. The lowest BCUT2D eigenvalue weighted by molar-refractivity contribution is 0.100. The van der Waals surface area contributed by atoms with Crippen molar-refractivity contribution < 1.29 is 7.54 Å². The number of hydrogen-bond donors (Lipinski definition) is 3. The van der Waals surface area contributed by atoms with Gasteiger partial charge in [-0.2, -0.15) is 0 Å². The van der Waals surface area contributed by atoms with Crippen LogP contribution in [0.1, 0.15) is 38.7 Å². The molecule has 18 heavy (non-hydrogen) atoms. The van der Waals surface area contributed by atoms with E-state index >= 15 is 0 Å². The Morgan fingerprint density at radius 3 is 3.11 bits per heavy atom. The number of nitrogens with zero attached hydrogens (tertiary/aromatic N) is 1. The van der Waals surface area contributed by atoms with Crippen LogP contribution in [0.15, 0.2) is 18.2 Å². The van der Waals surface area contributed by atoms with Gasteiger partial charge in [0.05, 0.1) is 16.6 Å². The number of carbonyl (C=O) groups is 1. The highest BCUT2D eigenvalue weighted by molar-refractivity contribution is 6.04. The lowest BCUT2D eigenvalue weighted by Gasteiger charge is -2.21. The SMILES string of the molecule is [2H]C1([2H])CC[C@](C)(c2nc3c(C(N)=O)cccc3[nH]2)N1. The number of nitrogens with one attached hydrogen (secondary N) is 2. The maximum Gasteiger partial charge on any atom is 0.250 e. The summed E-state index contributed by atoms with van der Waals surface area (Å²) < 4.78 is 15.6. The molecule has 0 aliphatic carbocycles. The molecule has 1 aliphatic rings. The second kappa shape index (κ2) is 3.81. The van der Waals surface area contributed by atoms with E-state index in [1.54, 1.807) is 12.1 Å². The van der Waals surface area contributed by atoms with E-state index in [0.717, 1.165) is 5.52 Å². The third-order valence-electron chi connectivity index (χ3n) is 3.42. The molecule has 1 aromatic heterocycles. The number of aromatic amines is 1. The van der Waals surface area contributed by atoms with Crippen LogP contribution < -0.4 is 11.1 Å². The first kappa shape index (κ1) is 9.10. The quantitative estimate of drug-likeness (QED) is 0.746. The van der Waals surface area contributed by atoms with Crippen LogP contribution in [0, 0.1) is 0 Å². The second-order valence-corrected chi connectivity index (χ2v) is 4.79. The Kier molecular flexibility index (Phi) is 1.93. The molecular formula is C13H16N4O. The minimum Gasteiger partial charge on any atom is -0.366 e. The van der Waals surface area contributed by atoms with Gasteiger partial charge in [0.1, 0.15) is 11.3 Å². The predicted molar refractivity (Wildman–Crippen MR) is 69.2 cm³/mol. The molecule has 1 amide bonds. The van der Waals surface area contributed by atoms with Gasteiger partial charge in [0.15, 0.2) is 0 Å². The summed E-state index contributed by atoms with van der Waals surface area (Å²) in [6.07, 6.45) is 1.05. The number of carbonyl (C=O) groups excluding carboxylic acids is 1. The number of para-hydroxylation sites is 1. The van der Waals surface area contributed by atoms with Crippen molar-refractivity contribution in [1.29, 1.82) is 0 Å². The van der Waals surface area contributed by atoms with Crippen molar-refractivity contribution >= 4 is 16.9 Å². The van der Waals surface area contributed by atoms with Gasteiger partial charge >= 0.3 is 0 Å². The number of primary amides is 1. The summed E-state index contributed by atoms with van der Waals surface area (Å²) >= 11 is 0. The summed E-state index contributed by atoms with van der Waals surface area (Å²) in [4.78, 5) is 19.1. The van der Waals surface area contributed by atoms with Gasteiger partial charge in [0.2, 0.25) is 0 Å². The van der Waals surface area contributed by atoms with Gasteiger partial charge in [0, 0.05) is 2.74 Å². The minimum absolute atomic E-state index is 0.370. The summed E-state index contributed by atoms with van der Waals surface area (Å²) in [7, 11) is 0. The van der Waals surface area contributed by atoms with E-state index < -0.39 is 17.9 Å². The van der Waals surface area contributed by atoms with Gasteiger partial charge in [-0.3, -0.25) is 4.79 Å². The zero-order valence-corrected chi connectivity index (χ0v) is 10.1. The first-order chi connectivity index (χ1) is 9.31. The topological polar surface area (TPSA) is 83.8 Å². The number of rotatable bonds is 2. The average molecular weight is 246 g/mol. The van der Waals surface area contributed by atoms with Crippen molar-refractivity contribution in [1.82, 2.24) is 15.3 Å². The van der Waals surface area contributed by atoms with Crippen molar-refractivity contribution in [2.24, 2.45) is 5.73 Å². The highest BCUT2D eigenvalue weighted by atomic mass is 16.1. The molecule has 0 unspecified atom stereocenters. The van der Waals surface area contributed by atoms with Crippen molar-refractivity contribution in [2.45, 2.75) is 25.3 Å². The predicted octanol–water partition coefficient (Wildman–Crippen LogP) is 1.26. The minimum atomic E-state index is -1.40. The van der Waals surface area contributed by atoms with Crippen LogP contribution in [0.2, 0.25) is 0 Å². The Bertz CT molecular complexity index is 697. The summed E-state index contributed by atoms with van der Waals surface area (Å²) in [6.45, 7) is 0.500. The summed E-state index contributed by atoms with van der Waals surface area (Å²) in [5.74, 6) is 0.107. The number of fused-ring (bicyclic) bond motifs is 1. The lowest BCUT2D eigenvalue weighted by Crippen LogP contribution is -2.34. The molecule has 5 heteroatoms. The molecule has 94 valence electrons. The largest absolute Gasteiger partial charge is 0.366 e. The first-order valence-corrected chi connectivity index (χ1v) is 5.89. The van der Waals surface area contributed by atoms with Crippen molar-refractivity contribution in [2.75, 3.05) is 6.50 Å². The molecule has 1 saturated heterocycles. The van der Waals surface area contributed by atoms with E-state index in [1.807, 2.05) is 13.0 Å². The number of aromatic nitrogens is 2. The van der Waals surface area contributed by atoms with E-state index in [0.29, 0.717) is 29.7 Å². The van der Waals surface area contributed by atoms with Crippen molar-refractivity contribution in [3.63, 3.8) is 0 Å². The molecule has 1 atom stereocenters. The van der Waals surface area contributed by atoms with Crippen LogP contribution in [-0.4, -0.2) is 22.4 Å². The van der Waals surface area contributed by atoms with Gasteiger partial charge in [-0.15, -0.1) is 0 Å². The molecule has 2 heterocycles. The molecule has 4 N–H and O–H groups in total. The van der Waals surface area contributed by atoms with E-state index in [1.165, 1.54) is 0 Å². The molecule has 1 fully saturated rings. The summed E-state index contributed by atoms with van der Waals surface area (Å²) in [6, 6.07) is 5.21. The second-order valence-electron chi connectivity index (χ2n) is 4.79.